The van der Waals surface area contributed by atoms with Crippen LogP contribution in [0.3, 0.4) is 0 Å². The van der Waals surface area contributed by atoms with Crippen LogP contribution in [0.1, 0.15) is 41.6 Å². The zero-order valence-electron chi connectivity index (χ0n) is 12.9. The number of pyridine rings is 1. The number of H-pyrrole nitrogens is 1. The highest BCUT2D eigenvalue weighted by molar-refractivity contribution is 5.40. The minimum absolute atomic E-state index is 0.276. The molecule has 3 heterocycles. The minimum atomic E-state index is -0.462. The van der Waals surface area contributed by atoms with E-state index in [1.807, 2.05) is 6.92 Å². The molecule has 1 unspecified atom stereocenters. The van der Waals surface area contributed by atoms with Gasteiger partial charge in [0.15, 0.2) is 18.2 Å². The smallest absolute Gasteiger partial charge is 0.220 e. The van der Waals surface area contributed by atoms with E-state index in [4.69, 9.17) is 9.47 Å². The third kappa shape index (κ3) is 2.82. The Hall–Kier alpha value is -1.99. The van der Waals surface area contributed by atoms with Gasteiger partial charge in [-0.1, -0.05) is 0 Å². The van der Waals surface area contributed by atoms with Crippen LogP contribution in [0.2, 0.25) is 0 Å². The number of aromatic hydroxyl groups is 1. The molecule has 0 aromatic carbocycles. The zero-order valence-corrected chi connectivity index (χ0v) is 12.9. The van der Waals surface area contributed by atoms with Crippen molar-refractivity contribution in [2.24, 2.45) is 0 Å². The molecule has 0 aliphatic carbocycles. The van der Waals surface area contributed by atoms with E-state index in [2.05, 4.69) is 26.2 Å². The van der Waals surface area contributed by atoms with Crippen LogP contribution < -0.4 is 4.57 Å². The number of aromatic nitrogens is 4. The summed E-state index contributed by atoms with van der Waals surface area (Å²) in [5.74, 6) is 0.276. The average Bonchev–Trinajstić information content (AvgIpc) is 3.17. The van der Waals surface area contributed by atoms with Gasteiger partial charge < -0.3 is 14.6 Å². The molecule has 2 aromatic heterocycles. The molecule has 7 heteroatoms. The zero-order chi connectivity index (χ0) is 15.5. The quantitative estimate of drug-likeness (QED) is 0.621. The van der Waals surface area contributed by atoms with Crippen LogP contribution in [-0.4, -0.2) is 27.6 Å². The van der Waals surface area contributed by atoms with E-state index >= 15 is 0 Å². The van der Waals surface area contributed by atoms with Crippen LogP contribution in [0.4, 0.5) is 0 Å². The summed E-state index contributed by atoms with van der Waals surface area (Å²) in [5, 5.41) is 20.9. The maximum absolute atomic E-state index is 10.4. The van der Waals surface area contributed by atoms with Crippen LogP contribution in [-0.2, 0) is 29.0 Å². The summed E-state index contributed by atoms with van der Waals surface area (Å²) in [6.07, 6.45) is 6.28. The van der Waals surface area contributed by atoms with E-state index < -0.39 is 6.29 Å². The number of ether oxygens (including phenoxy) is 2. The van der Waals surface area contributed by atoms with Gasteiger partial charge in [-0.3, -0.25) is 0 Å². The van der Waals surface area contributed by atoms with Gasteiger partial charge in [-0.05, 0) is 12.8 Å². The van der Waals surface area contributed by atoms with Gasteiger partial charge in [-0.15, -0.1) is 0 Å². The van der Waals surface area contributed by atoms with E-state index in [-0.39, 0.29) is 5.75 Å². The molecule has 0 saturated carbocycles. The second kappa shape index (κ2) is 6.41. The standard InChI is InChI=1S/C15H20N4O3/c1-10-14(20)13-11(9-22-15(13)21-2)8-19(10)6-4-3-5-12-7-16-18-17-12/h7-8,15H,3-6,9H2,1-2H3,(H-,16,17,18,20)/p+1. The maximum Gasteiger partial charge on any atom is 0.220 e. The van der Waals surface area contributed by atoms with Crippen molar-refractivity contribution in [2.45, 2.75) is 45.6 Å². The summed E-state index contributed by atoms with van der Waals surface area (Å²) < 4.78 is 12.9. The lowest BCUT2D eigenvalue weighted by atomic mass is 10.1. The molecule has 0 fully saturated rings. The van der Waals surface area contributed by atoms with Gasteiger partial charge in [0, 0.05) is 20.5 Å². The van der Waals surface area contributed by atoms with Gasteiger partial charge in [0.2, 0.25) is 5.69 Å². The topological polar surface area (TPSA) is 84.1 Å². The predicted molar refractivity (Wildman–Crippen MR) is 76.9 cm³/mol. The van der Waals surface area contributed by atoms with Crippen LogP contribution >= 0.6 is 0 Å². The molecule has 118 valence electrons. The number of aromatic amines is 1. The Balaban J connectivity index is 1.66. The highest BCUT2D eigenvalue weighted by atomic mass is 16.7. The summed E-state index contributed by atoms with van der Waals surface area (Å²) in [6.45, 7) is 3.24. The first-order valence-corrected chi connectivity index (χ1v) is 7.44. The van der Waals surface area contributed by atoms with E-state index in [0.717, 1.165) is 48.3 Å². The van der Waals surface area contributed by atoms with E-state index in [0.29, 0.717) is 6.61 Å². The molecule has 1 aliphatic heterocycles. The number of hydrogen-bond donors (Lipinski definition) is 2. The van der Waals surface area contributed by atoms with E-state index in [9.17, 15) is 5.11 Å². The van der Waals surface area contributed by atoms with Crippen molar-refractivity contribution in [1.82, 2.24) is 15.4 Å². The molecule has 2 aromatic rings. The van der Waals surface area contributed by atoms with Gasteiger partial charge >= 0.3 is 0 Å². The SMILES string of the molecule is COC1OCc2c[n+](CCCCc3cn[nH]n3)c(C)c(O)c21. The van der Waals surface area contributed by atoms with Crippen LogP contribution in [0.15, 0.2) is 12.4 Å². The van der Waals surface area contributed by atoms with Crippen molar-refractivity contribution in [3.63, 3.8) is 0 Å². The summed E-state index contributed by atoms with van der Waals surface area (Å²) in [4.78, 5) is 0. The molecule has 0 spiro atoms. The lowest BCUT2D eigenvalue weighted by Gasteiger charge is -2.11. The molecule has 0 bridgehead atoms. The predicted octanol–water partition coefficient (Wildman–Crippen LogP) is 1.30. The summed E-state index contributed by atoms with van der Waals surface area (Å²) in [6, 6.07) is 0. The molecule has 0 amide bonds. The Morgan fingerprint density at radius 3 is 3.09 bits per heavy atom. The first-order valence-electron chi connectivity index (χ1n) is 7.44. The number of hydrogen-bond acceptors (Lipinski definition) is 5. The summed E-state index contributed by atoms with van der Waals surface area (Å²) >= 11 is 0. The van der Waals surface area contributed by atoms with Crippen LogP contribution in [0, 0.1) is 6.92 Å². The molecular formula is C15H21N4O3+. The molecule has 3 rings (SSSR count). The molecule has 22 heavy (non-hydrogen) atoms. The molecule has 0 radical (unpaired) electrons. The van der Waals surface area contributed by atoms with E-state index in [1.54, 1.807) is 13.3 Å². The number of nitrogens with zero attached hydrogens (tertiary/aromatic N) is 3. The average molecular weight is 305 g/mol. The number of methoxy groups -OCH3 is 1. The fraction of sp³-hybridized carbons (Fsp3) is 0.533. The van der Waals surface area contributed by atoms with Gasteiger partial charge in [0.1, 0.15) is 6.54 Å². The number of fused-ring (bicyclic) bond motifs is 1. The van der Waals surface area contributed by atoms with Crippen LogP contribution in [0.25, 0.3) is 0 Å². The Labute approximate surface area is 128 Å². The normalized spacial score (nSPS) is 16.9. The molecular weight excluding hydrogens is 284 g/mol. The lowest BCUT2D eigenvalue weighted by Crippen LogP contribution is -2.37. The summed E-state index contributed by atoms with van der Waals surface area (Å²) in [5.41, 5.74) is 3.58. The fourth-order valence-electron chi connectivity index (χ4n) is 2.82. The monoisotopic (exact) mass is 305 g/mol. The van der Waals surface area contributed by atoms with Crippen molar-refractivity contribution in [3.8, 4) is 5.75 Å². The van der Waals surface area contributed by atoms with Crippen molar-refractivity contribution < 1.29 is 19.1 Å². The van der Waals surface area contributed by atoms with Crippen molar-refractivity contribution in [3.05, 3.63) is 34.9 Å². The highest BCUT2D eigenvalue weighted by Crippen LogP contribution is 2.37. The van der Waals surface area contributed by atoms with E-state index in [1.165, 1.54) is 0 Å². The van der Waals surface area contributed by atoms with Gasteiger partial charge in [-0.2, -0.15) is 20.0 Å². The Morgan fingerprint density at radius 1 is 1.50 bits per heavy atom. The largest absolute Gasteiger partial charge is 0.502 e. The Kier molecular flexibility index (Phi) is 4.35. The summed E-state index contributed by atoms with van der Waals surface area (Å²) in [7, 11) is 1.58. The number of rotatable bonds is 6. The molecule has 1 aliphatic rings. The number of unbranched alkanes of at least 4 members (excludes halogenated alkanes) is 1. The Bertz CT molecular complexity index is 643. The maximum atomic E-state index is 10.4. The van der Waals surface area contributed by atoms with Crippen molar-refractivity contribution in [2.75, 3.05) is 7.11 Å². The third-order valence-electron chi connectivity index (χ3n) is 4.07. The van der Waals surface area contributed by atoms with Crippen LogP contribution in [0.5, 0.6) is 5.75 Å². The minimum Gasteiger partial charge on any atom is -0.502 e. The molecule has 0 saturated heterocycles. The molecule has 1 atom stereocenters. The first-order chi connectivity index (χ1) is 10.7. The Morgan fingerprint density at radius 2 is 2.36 bits per heavy atom. The molecule has 7 nitrogen and oxygen atoms in total. The lowest BCUT2D eigenvalue weighted by molar-refractivity contribution is -0.703. The first kappa shape index (κ1) is 14.9. The van der Waals surface area contributed by atoms with Gasteiger partial charge in [-0.25, -0.2) is 0 Å². The van der Waals surface area contributed by atoms with Crippen molar-refractivity contribution >= 4 is 0 Å². The molecule has 2 N–H and O–H groups in total. The van der Waals surface area contributed by atoms with Gasteiger partial charge in [0.25, 0.3) is 0 Å². The fourth-order valence-corrected chi connectivity index (χ4v) is 2.82. The second-order valence-corrected chi connectivity index (χ2v) is 5.49. The number of nitrogens with one attached hydrogen (secondary N) is 1. The second-order valence-electron chi connectivity index (χ2n) is 5.49. The third-order valence-corrected chi connectivity index (χ3v) is 4.07. The van der Waals surface area contributed by atoms with Gasteiger partial charge in [0.05, 0.1) is 29.6 Å². The van der Waals surface area contributed by atoms with Crippen molar-refractivity contribution in [1.29, 1.82) is 0 Å². The highest BCUT2D eigenvalue weighted by Gasteiger charge is 2.32. The number of aryl methyl sites for hydroxylation is 2.